The highest BCUT2D eigenvalue weighted by Gasteiger charge is 2.76. The fourth-order valence-corrected chi connectivity index (χ4v) is 6.36. The largest absolute Gasteiger partial charge is 0.493 e. The quantitative estimate of drug-likeness (QED) is 0.436. The minimum absolute atomic E-state index is 0.0579. The molecule has 7 nitrogen and oxygen atoms in total. The van der Waals surface area contributed by atoms with Gasteiger partial charge in [0.05, 0.1) is 25.7 Å². The van der Waals surface area contributed by atoms with Crippen LogP contribution in [-0.4, -0.2) is 48.9 Å². The van der Waals surface area contributed by atoms with Crippen molar-refractivity contribution < 1.29 is 28.6 Å². The molecule has 2 aromatic rings. The molecule has 0 aromatic heterocycles. The third-order valence-corrected chi connectivity index (χ3v) is 9.17. The van der Waals surface area contributed by atoms with Gasteiger partial charge in [0.1, 0.15) is 0 Å². The molecular formula is C29H33NO6. The number of rotatable bonds is 6. The molecule has 3 aliphatic rings. The Morgan fingerprint density at radius 3 is 2.28 bits per heavy atom. The normalized spacial score (nSPS) is 27.9. The number of amides is 1. The van der Waals surface area contributed by atoms with Gasteiger partial charge >= 0.3 is 5.97 Å². The Balaban J connectivity index is 1.58. The average molecular weight is 492 g/mol. The molecule has 1 amide bonds. The molecule has 190 valence electrons. The van der Waals surface area contributed by atoms with E-state index in [-0.39, 0.29) is 24.1 Å². The van der Waals surface area contributed by atoms with E-state index in [1.807, 2.05) is 51.1 Å². The SMILES string of the molecule is COc1cc2c(cc1OC)[C@H](CC(=O)c1ccccc1)N(C(=O)[C@@]13CC[C@@](C)(C(=O)O1)C3(C)C)CC2. The highest BCUT2D eigenvalue weighted by Crippen LogP contribution is 2.66. The predicted octanol–water partition coefficient (Wildman–Crippen LogP) is 4.52. The summed E-state index contributed by atoms with van der Waals surface area (Å²) in [5, 5.41) is 0. The standard InChI is InChI=1S/C29H33NO6/c1-27(2)28(3)12-13-29(27,36-26(28)33)25(32)30-14-11-19-15-23(34-4)24(35-5)16-20(19)21(30)17-22(31)18-9-7-6-8-10-18/h6-10,15-16,21H,11-14,17H2,1-5H3/t21-,28-,29+/m0/s1. The van der Waals surface area contributed by atoms with Crippen molar-refractivity contribution in [1.82, 2.24) is 4.90 Å². The van der Waals surface area contributed by atoms with E-state index in [1.54, 1.807) is 31.3 Å². The van der Waals surface area contributed by atoms with Crippen LogP contribution < -0.4 is 9.47 Å². The molecule has 1 saturated heterocycles. The van der Waals surface area contributed by atoms with Gasteiger partial charge in [-0.3, -0.25) is 14.4 Å². The Morgan fingerprint density at radius 2 is 1.69 bits per heavy atom. The van der Waals surface area contributed by atoms with Crippen LogP contribution >= 0.6 is 0 Å². The second-order valence-electron chi connectivity index (χ2n) is 10.8. The van der Waals surface area contributed by atoms with E-state index >= 15 is 0 Å². The Labute approximate surface area is 211 Å². The molecule has 0 N–H and O–H groups in total. The van der Waals surface area contributed by atoms with Gasteiger partial charge in [0.15, 0.2) is 22.9 Å². The average Bonchev–Trinajstić information content (AvgIpc) is 3.18. The van der Waals surface area contributed by atoms with E-state index in [0.717, 1.165) is 11.1 Å². The van der Waals surface area contributed by atoms with Gasteiger partial charge in [-0.25, -0.2) is 0 Å². The second kappa shape index (κ2) is 8.36. The van der Waals surface area contributed by atoms with Crippen LogP contribution in [0.15, 0.2) is 42.5 Å². The maximum Gasteiger partial charge on any atom is 0.313 e. The number of carbonyl (C=O) groups excluding carboxylic acids is 3. The first-order chi connectivity index (χ1) is 17.1. The van der Waals surface area contributed by atoms with Crippen molar-refractivity contribution in [3.8, 4) is 11.5 Å². The van der Waals surface area contributed by atoms with Crippen molar-refractivity contribution in [2.75, 3.05) is 20.8 Å². The van der Waals surface area contributed by atoms with Crippen molar-refractivity contribution in [2.45, 2.75) is 58.1 Å². The smallest absolute Gasteiger partial charge is 0.313 e. The Hall–Kier alpha value is -3.35. The fraction of sp³-hybridized carbons (Fsp3) is 0.483. The lowest BCUT2D eigenvalue weighted by molar-refractivity contribution is -0.175. The van der Waals surface area contributed by atoms with Crippen LogP contribution in [0.5, 0.6) is 11.5 Å². The molecule has 1 saturated carbocycles. The number of fused-ring (bicyclic) bond motifs is 3. The molecule has 5 rings (SSSR count). The summed E-state index contributed by atoms with van der Waals surface area (Å²) in [6, 6.07) is 12.4. The summed E-state index contributed by atoms with van der Waals surface area (Å²) in [7, 11) is 3.16. The Kier molecular flexibility index (Phi) is 5.65. The van der Waals surface area contributed by atoms with Crippen LogP contribution in [0, 0.1) is 10.8 Å². The summed E-state index contributed by atoms with van der Waals surface area (Å²) in [6.07, 6.45) is 1.79. The first-order valence-corrected chi connectivity index (χ1v) is 12.5. The monoisotopic (exact) mass is 491 g/mol. The number of hydrogen-bond acceptors (Lipinski definition) is 6. The summed E-state index contributed by atoms with van der Waals surface area (Å²) < 4.78 is 17.0. The van der Waals surface area contributed by atoms with Crippen LogP contribution in [-0.2, 0) is 20.7 Å². The van der Waals surface area contributed by atoms with E-state index in [0.29, 0.717) is 42.9 Å². The summed E-state index contributed by atoms with van der Waals surface area (Å²) in [5.41, 5.74) is -0.143. The molecule has 0 unspecified atom stereocenters. The van der Waals surface area contributed by atoms with Gasteiger partial charge in [-0.05, 0) is 49.4 Å². The molecule has 2 heterocycles. The molecule has 0 radical (unpaired) electrons. The van der Waals surface area contributed by atoms with Crippen LogP contribution in [0.3, 0.4) is 0 Å². The highest BCUT2D eigenvalue weighted by molar-refractivity contribution is 5.99. The maximum atomic E-state index is 14.4. The first kappa shape index (κ1) is 24.3. The molecule has 2 fully saturated rings. The molecule has 2 bridgehead atoms. The number of nitrogens with zero attached hydrogens (tertiary/aromatic N) is 1. The van der Waals surface area contributed by atoms with E-state index in [4.69, 9.17) is 14.2 Å². The van der Waals surface area contributed by atoms with Gasteiger partial charge < -0.3 is 19.1 Å². The maximum absolute atomic E-state index is 14.4. The number of hydrogen-bond donors (Lipinski definition) is 0. The van der Waals surface area contributed by atoms with Crippen molar-refractivity contribution in [3.05, 3.63) is 59.2 Å². The number of benzene rings is 2. The zero-order valence-electron chi connectivity index (χ0n) is 21.6. The van der Waals surface area contributed by atoms with Crippen LogP contribution in [0.4, 0.5) is 0 Å². The number of Topliss-reactive ketones (excluding diaryl/α,β-unsaturated/α-hetero) is 1. The van der Waals surface area contributed by atoms with E-state index in [2.05, 4.69) is 0 Å². The molecule has 2 aliphatic heterocycles. The fourth-order valence-electron chi connectivity index (χ4n) is 6.36. The van der Waals surface area contributed by atoms with Crippen LogP contribution in [0.1, 0.15) is 67.6 Å². The van der Waals surface area contributed by atoms with E-state index < -0.39 is 22.5 Å². The zero-order valence-corrected chi connectivity index (χ0v) is 21.6. The van der Waals surface area contributed by atoms with Crippen LogP contribution in [0.2, 0.25) is 0 Å². The zero-order chi connectivity index (χ0) is 25.9. The third-order valence-electron chi connectivity index (χ3n) is 9.17. The minimum atomic E-state index is -1.24. The number of ketones is 1. The third kappa shape index (κ3) is 3.21. The van der Waals surface area contributed by atoms with E-state index in [1.165, 1.54) is 0 Å². The molecule has 0 spiro atoms. The van der Waals surface area contributed by atoms with Crippen molar-refractivity contribution in [1.29, 1.82) is 0 Å². The van der Waals surface area contributed by atoms with Gasteiger partial charge in [-0.15, -0.1) is 0 Å². The summed E-state index contributed by atoms with van der Waals surface area (Å²) >= 11 is 0. The van der Waals surface area contributed by atoms with Gasteiger partial charge in [-0.1, -0.05) is 44.2 Å². The molecule has 36 heavy (non-hydrogen) atoms. The first-order valence-electron chi connectivity index (χ1n) is 12.5. The Bertz CT molecular complexity index is 1240. The highest BCUT2D eigenvalue weighted by atomic mass is 16.6. The molecule has 7 heteroatoms. The van der Waals surface area contributed by atoms with Gasteiger partial charge in [0.2, 0.25) is 0 Å². The van der Waals surface area contributed by atoms with Crippen molar-refractivity contribution >= 4 is 17.7 Å². The van der Waals surface area contributed by atoms with Crippen molar-refractivity contribution in [2.24, 2.45) is 10.8 Å². The second-order valence-corrected chi connectivity index (χ2v) is 10.8. The number of esters is 1. The van der Waals surface area contributed by atoms with Gasteiger partial charge in [0, 0.05) is 23.9 Å². The summed E-state index contributed by atoms with van der Waals surface area (Å²) in [5.74, 6) is 0.570. The molecular weight excluding hydrogens is 458 g/mol. The topological polar surface area (TPSA) is 82.1 Å². The molecule has 1 aliphatic carbocycles. The lowest BCUT2D eigenvalue weighted by Gasteiger charge is -2.44. The summed E-state index contributed by atoms with van der Waals surface area (Å²) in [6.45, 7) is 6.23. The summed E-state index contributed by atoms with van der Waals surface area (Å²) in [4.78, 5) is 42.4. The molecule has 2 aromatic carbocycles. The van der Waals surface area contributed by atoms with Gasteiger partial charge in [-0.2, -0.15) is 0 Å². The number of carbonyl (C=O) groups is 3. The lowest BCUT2D eigenvalue weighted by Crippen LogP contribution is -2.57. The lowest BCUT2D eigenvalue weighted by atomic mass is 9.66. The Morgan fingerprint density at radius 1 is 1.03 bits per heavy atom. The van der Waals surface area contributed by atoms with E-state index in [9.17, 15) is 14.4 Å². The predicted molar refractivity (Wildman–Crippen MR) is 133 cm³/mol. The number of methoxy groups -OCH3 is 2. The minimum Gasteiger partial charge on any atom is -0.493 e. The van der Waals surface area contributed by atoms with Crippen molar-refractivity contribution in [3.63, 3.8) is 0 Å². The van der Waals surface area contributed by atoms with Crippen LogP contribution in [0.25, 0.3) is 0 Å². The molecule has 3 atom stereocenters. The van der Waals surface area contributed by atoms with Gasteiger partial charge in [0.25, 0.3) is 5.91 Å². The number of ether oxygens (including phenoxy) is 3.